The molecule has 0 radical (unpaired) electrons. The molecule has 2 aromatic carbocycles. The van der Waals surface area contributed by atoms with Crippen molar-refractivity contribution in [3.05, 3.63) is 57.7 Å². The zero-order valence-corrected chi connectivity index (χ0v) is 12.3. The number of aryl methyl sites for hydroxylation is 1. The molecular weight excluding hydrogens is 317 g/mol. The third-order valence-corrected chi connectivity index (χ3v) is 3.71. The van der Waals surface area contributed by atoms with Gasteiger partial charge in [0.1, 0.15) is 16.8 Å². The van der Waals surface area contributed by atoms with E-state index in [9.17, 15) is 8.78 Å². The molecule has 1 heterocycles. The minimum absolute atomic E-state index is 0.0706. The Kier molecular flexibility index (Phi) is 3.51. The van der Waals surface area contributed by atoms with Crippen LogP contribution in [0, 0.1) is 18.6 Å². The molecule has 3 rings (SSSR count). The molecule has 0 aliphatic heterocycles. The van der Waals surface area contributed by atoms with Crippen molar-refractivity contribution in [1.82, 2.24) is 9.97 Å². The molecule has 0 N–H and O–H groups in total. The number of benzene rings is 2. The first kappa shape index (κ1) is 14.2. The van der Waals surface area contributed by atoms with Gasteiger partial charge in [0.2, 0.25) is 0 Å². The second-order valence-corrected chi connectivity index (χ2v) is 5.32. The largest absolute Gasteiger partial charge is 0.226 e. The van der Waals surface area contributed by atoms with Gasteiger partial charge in [-0.1, -0.05) is 29.3 Å². The summed E-state index contributed by atoms with van der Waals surface area (Å²) >= 11 is 12.2. The number of rotatable bonds is 1. The number of fused-ring (bicyclic) bond motifs is 1. The number of nitrogens with zero attached hydrogens (tertiary/aromatic N) is 2. The van der Waals surface area contributed by atoms with E-state index < -0.39 is 11.6 Å². The van der Waals surface area contributed by atoms with Crippen LogP contribution in [-0.2, 0) is 0 Å². The quantitative estimate of drug-likeness (QED) is 0.575. The highest BCUT2D eigenvalue weighted by atomic mass is 35.5. The number of aromatic nitrogens is 2. The van der Waals surface area contributed by atoms with Gasteiger partial charge in [0.05, 0.1) is 16.1 Å². The molecule has 21 heavy (non-hydrogen) atoms. The molecule has 0 atom stereocenters. The zero-order chi connectivity index (χ0) is 15.1. The van der Waals surface area contributed by atoms with E-state index in [0.717, 1.165) is 6.07 Å². The van der Waals surface area contributed by atoms with E-state index in [0.29, 0.717) is 21.5 Å². The van der Waals surface area contributed by atoms with Crippen LogP contribution < -0.4 is 0 Å². The van der Waals surface area contributed by atoms with Crippen LogP contribution in [0.2, 0.25) is 10.2 Å². The molecule has 0 bridgehead atoms. The molecule has 0 saturated carbocycles. The summed E-state index contributed by atoms with van der Waals surface area (Å²) in [4.78, 5) is 8.33. The fraction of sp³-hybridized carbons (Fsp3) is 0.0667. The van der Waals surface area contributed by atoms with E-state index in [1.807, 2.05) is 0 Å². The molecule has 0 unspecified atom stereocenters. The summed E-state index contributed by atoms with van der Waals surface area (Å²) in [6, 6.07) is 7.25. The van der Waals surface area contributed by atoms with Crippen molar-refractivity contribution in [3.8, 4) is 11.4 Å². The maximum atomic E-state index is 14.0. The van der Waals surface area contributed by atoms with Crippen molar-refractivity contribution in [2.24, 2.45) is 0 Å². The van der Waals surface area contributed by atoms with Crippen LogP contribution in [0.4, 0.5) is 8.78 Å². The van der Waals surface area contributed by atoms with Crippen LogP contribution in [0.5, 0.6) is 0 Å². The first-order valence-corrected chi connectivity index (χ1v) is 6.81. The minimum atomic E-state index is -0.749. The lowest BCUT2D eigenvalue weighted by Crippen LogP contribution is -1.97. The standard InChI is InChI=1S/C15H8Cl2F2N2/c1-7-5-9(12(19)6-11(7)18)15-20-13-8(14(17)21-15)3-2-4-10(13)16/h2-6H,1H3. The molecule has 0 aliphatic rings. The smallest absolute Gasteiger partial charge is 0.164 e. The summed E-state index contributed by atoms with van der Waals surface area (Å²) < 4.78 is 27.3. The van der Waals surface area contributed by atoms with Gasteiger partial charge in [-0.3, -0.25) is 0 Å². The Morgan fingerprint density at radius 2 is 1.76 bits per heavy atom. The van der Waals surface area contributed by atoms with Crippen molar-refractivity contribution in [1.29, 1.82) is 0 Å². The highest BCUT2D eigenvalue weighted by Gasteiger charge is 2.15. The highest BCUT2D eigenvalue weighted by molar-refractivity contribution is 6.38. The molecule has 2 nitrogen and oxygen atoms in total. The Bertz CT molecular complexity index is 866. The van der Waals surface area contributed by atoms with Crippen molar-refractivity contribution in [2.45, 2.75) is 6.92 Å². The van der Waals surface area contributed by atoms with E-state index in [4.69, 9.17) is 23.2 Å². The van der Waals surface area contributed by atoms with E-state index in [1.165, 1.54) is 13.0 Å². The lowest BCUT2D eigenvalue weighted by Gasteiger charge is -2.08. The SMILES string of the molecule is Cc1cc(-c2nc(Cl)c3cccc(Cl)c3n2)c(F)cc1F. The van der Waals surface area contributed by atoms with Crippen LogP contribution in [-0.4, -0.2) is 9.97 Å². The normalized spacial score (nSPS) is 11.1. The summed E-state index contributed by atoms with van der Waals surface area (Å²) in [7, 11) is 0. The van der Waals surface area contributed by atoms with Gasteiger partial charge in [-0.25, -0.2) is 18.7 Å². The van der Waals surface area contributed by atoms with Gasteiger partial charge < -0.3 is 0 Å². The van der Waals surface area contributed by atoms with Crippen molar-refractivity contribution in [2.75, 3.05) is 0 Å². The van der Waals surface area contributed by atoms with Gasteiger partial charge in [0, 0.05) is 11.5 Å². The van der Waals surface area contributed by atoms with Crippen LogP contribution in [0.3, 0.4) is 0 Å². The van der Waals surface area contributed by atoms with Crippen LogP contribution in [0.25, 0.3) is 22.3 Å². The molecule has 0 saturated heterocycles. The Labute approximate surface area is 129 Å². The lowest BCUT2D eigenvalue weighted by atomic mass is 10.1. The van der Waals surface area contributed by atoms with E-state index in [-0.39, 0.29) is 16.5 Å². The third kappa shape index (κ3) is 2.45. The Hall–Kier alpha value is -1.78. The topological polar surface area (TPSA) is 25.8 Å². The first-order chi connectivity index (χ1) is 9.97. The number of para-hydroxylation sites is 1. The number of halogens is 4. The van der Waals surface area contributed by atoms with Crippen LogP contribution in [0.1, 0.15) is 5.56 Å². The van der Waals surface area contributed by atoms with E-state index >= 15 is 0 Å². The predicted molar refractivity (Wildman–Crippen MR) is 79.6 cm³/mol. The molecule has 0 amide bonds. The minimum Gasteiger partial charge on any atom is -0.226 e. The Morgan fingerprint density at radius 1 is 1.00 bits per heavy atom. The summed E-state index contributed by atoms with van der Waals surface area (Å²) in [6.45, 7) is 1.54. The van der Waals surface area contributed by atoms with Crippen LogP contribution in [0.15, 0.2) is 30.3 Å². The zero-order valence-electron chi connectivity index (χ0n) is 10.8. The molecule has 1 aromatic heterocycles. The molecule has 3 aromatic rings. The average Bonchev–Trinajstić information content (AvgIpc) is 2.44. The maximum Gasteiger partial charge on any atom is 0.164 e. The molecule has 0 fully saturated rings. The van der Waals surface area contributed by atoms with Crippen molar-refractivity contribution < 1.29 is 8.78 Å². The van der Waals surface area contributed by atoms with E-state index in [2.05, 4.69) is 9.97 Å². The number of hydrogen-bond donors (Lipinski definition) is 0. The van der Waals surface area contributed by atoms with Crippen molar-refractivity contribution >= 4 is 34.1 Å². The van der Waals surface area contributed by atoms with Crippen LogP contribution >= 0.6 is 23.2 Å². The molecular formula is C15H8Cl2F2N2. The molecule has 6 heteroatoms. The number of hydrogen-bond acceptors (Lipinski definition) is 2. The molecule has 106 valence electrons. The fourth-order valence-electron chi connectivity index (χ4n) is 2.03. The van der Waals surface area contributed by atoms with Gasteiger partial charge in [-0.15, -0.1) is 0 Å². The Morgan fingerprint density at radius 3 is 2.52 bits per heavy atom. The third-order valence-electron chi connectivity index (χ3n) is 3.12. The Balaban J connectivity index is 2.31. The second-order valence-electron chi connectivity index (χ2n) is 4.56. The van der Waals surface area contributed by atoms with Gasteiger partial charge in [-0.2, -0.15) is 0 Å². The monoisotopic (exact) mass is 324 g/mol. The van der Waals surface area contributed by atoms with Crippen molar-refractivity contribution in [3.63, 3.8) is 0 Å². The molecule has 0 aliphatic carbocycles. The summed E-state index contributed by atoms with van der Waals surface area (Å²) in [5, 5.41) is 1.13. The van der Waals surface area contributed by atoms with Gasteiger partial charge in [0.25, 0.3) is 0 Å². The predicted octanol–water partition coefficient (Wildman–Crippen LogP) is 5.19. The summed E-state index contributed by atoms with van der Waals surface area (Å²) in [5.41, 5.74) is 0.804. The lowest BCUT2D eigenvalue weighted by molar-refractivity contribution is 0.579. The van der Waals surface area contributed by atoms with Gasteiger partial charge in [-0.05, 0) is 30.7 Å². The van der Waals surface area contributed by atoms with Gasteiger partial charge in [0.15, 0.2) is 5.82 Å². The maximum absolute atomic E-state index is 14.0. The fourth-order valence-corrected chi connectivity index (χ4v) is 2.48. The summed E-state index contributed by atoms with van der Waals surface area (Å²) in [5.74, 6) is -1.30. The second kappa shape index (κ2) is 5.20. The highest BCUT2D eigenvalue weighted by Crippen LogP contribution is 2.30. The van der Waals surface area contributed by atoms with E-state index in [1.54, 1.807) is 18.2 Å². The average molecular weight is 325 g/mol. The first-order valence-electron chi connectivity index (χ1n) is 6.05. The summed E-state index contributed by atoms with van der Waals surface area (Å²) in [6.07, 6.45) is 0. The van der Waals surface area contributed by atoms with Gasteiger partial charge >= 0.3 is 0 Å². The molecule has 0 spiro atoms.